The van der Waals surface area contributed by atoms with E-state index < -0.39 is 11.2 Å². The number of pyridine rings is 1. The number of hydrogen-bond acceptors (Lipinski definition) is 5. The van der Waals surface area contributed by atoms with E-state index in [2.05, 4.69) is 10.3 Å². The fraction of sp³-hybridized carbons (Fsp3) is 0.318. The SMILES string of the molecule is C[S+]([O-])c1cnc2ccc(-c3cc(Cl)c(O)c(Cl)c3)cc2c1N[C@H]1CC[C@H](N)CC1. The average Bonchev–Trinajstić information content (AvgIpc) is 2.73. The van der Waals surface area contributed by atoms with Gasteiger partial charge < -0.3 is 20.7 Å². The molecule has 1 aliphatic carbocycles. The van der Waals surface area contributed by atoms with Crippen molar-refractivity contribution in [2.45, 2.75) is 42.7 Å². The lowest BCUT2D eigenvalue weighted by atomic mass is 9.91. The summed E-state index contributed by atoms with van der Waals surface area (Å²) in [5.74, 6) is -0.133. The topological polar surface area (TPSA) is 94.2 Å². The largest absolute Gasteiger partial charge is 0.612 e. The first-order valence-corrected chi connectivity index (χ1v) is 12.1. The number of rotatable bonds is 4. The molecule has 0 saturated heterocycles. The third-order valence-corrected chi connectivity index (χ3v) is 7.12. The third kappa shape index (κ3) is 4.34. The van der Waals surface area contributed by atoms with Crippen molar-refractivity contribution in [3.63, 3.8) is 0 Å². The lowest BCUT2D eigenvalue weighted by Gasteiger charge is -2.28. The highest BCUT2D eigenvalue weighted by molar-refractivity contribution is 7.90. The molecule has 158 valence electrons. The van der Waals surface area contributed by atoms with Crippen LogP contribution >= 0.6 is 23.2 Å². The number of benzene rings is 2. The molecule has 4 rings (SSSR count). The summed E-state index contributed by atoms with van der Waals surface area (Å²) in [6.07, 6.45) is 7.24. The summed E-state index contributed by atoms with van der Waals surface area (Å²) in [6.45, 7) is 0. The second kappa shape index (κ2) is 8.81. The van der Waals surface area contributed by atoms with E-state index in [9.17, 15) is 9.66 Å². The Morgan fingerprint density at radius 3 is 2.40 bits per heavy atom. The highest BCUT2D eigenvalue weighted by atomic mass is 35.5. The number of nitrogens with zero attached hydrogens (tertiary/aromatic N) is 1. The molecule has 1 heterocycles. The van der Waals surface area contributed by atoms with Crippen LogP contribution < -0.4 is 11.1 Å². The van der Waals surface area contributed by atoms with Crippen molar-refractivity contribution in [1.82, 2.24) is 4.98 Å². The van der Waals surface area contributed by atoms with E-state index in [-0.39, 0.29) is 27.9 Å². The number of hydrogen-bond donors (Lipinski definition) is 3. The summed E-state index contributed by atoms with van der Waals surface area (Å²) in [7, 11) is 0. The molecule has 0 aliphatic heterocycles. The van der Waals surface area contributed by atoms with E-state index in [1.165, 1.54) is 0 Å². The van der Waals surface area contributed by atoms with Gasteiger partial charge in [-0.3, -0.25) is 4.98 Å². The van der Waals surface area contributed by atoms with E-state index in [1.807, 2.05) is 18.2 Å². The third-order valence-electron chi connectivity index (χ3n) is 5.61. The lowest BCUT2D eigenvalue weighted by Crippen LogP contribution is -2.33. The summed E-state index contributed by atoms with van der Waals surface area (Å²) >= 11 is 11.0. The lowest BCUT2D eigenvalue weighted by molar-refractivity contribution is 0.411. The molecule has 8 heteroatoms. The Morgan fingerprint density at radius 1 is 1.10 bits per heavy atom. The van der Waals surface area contributed by atoms with Gasteiger partial charge in [-0.05, 0) is 72.3 Å². The molecule has 1 atom stereocenters. The number of phenols is 1. The minimum absolute atomic E-state index is 0.133. The van der Waals surface area contributed by atoms with Crippen molar-refractivity contribution < 1.29 is 9.66 Å². The van der Waals surface area contributed by atoms with Gasteiger partial charge in [-0.2, -0.15) is 0 Å². The molecule has 30 heavy (non-hydrogen) atoms. The number of fused-ring (bicyclic) bond motifs is 1. The van der Waals surface area contributed by atoms with E-state index in [0.29, 0.717) is 4.90 Å². The van der Waals surface area contributed by atoms with Crippen LogP contribution in [0.15, 0.2) is 41.4 Å². The van der Waals surface area contributed by atoms with Crippen molar-refractivity contribution in [3.8, 4) is 16.9 Å². The van der Waals surface area contributed by atoms with Crippen LogP contribution in [0.25, 0.3) is 22.0 Å². The standard InChI is InChI=1S/C22H23Cl2N3O2S/c1-30(29)20-11-26-19-7-2-12(13-9-17(23)22(28)18(24)10-13)8-16(19)21(20)27-15-5-3-14(25)4-6-15/h2,7-11,14-15,28H,3-6,25H2,1H3,(H,26,27)/t14-,15-,30?. The predicted molar refractivity (Wildman–Crippen MR) is 125 cm³/mol. The Kier molecular flexibility index (Phi) is 6.32. The van der Waals surface area contributed by atoms with E-state index in [1.54, 1.807) is 24.6 Å². The maximum absolute atomic E-state index is 12.4. The fourth-order valence-corrected chi connectivity index (χ4v) is 5.07. The van der Waals surface area contributed by atoms with Gasteiger partial charge in [0.15, 0.2) is 10.6 Å². The normalized spacial score (nSPS) is 20.3. The zero-order chi connectivity index (χ0) is 21.4. The predicted octanol–water partition coefficient (Wildman–Crippen LogP) is 5.33. The van der Waals surface area contributed by atoms with Crippen molar-refractivity contribution in [3.05, 3.63) is 46.6 Å². The molecule has 0 radical (unpaired) electrons. The molecule has 1 fully saturated rings. The zero-order valence-electron chi connectivity index (χ0n) is 16.5. The molecule has 2 aromatic carbocycles. The van der Waals surface area contributed by atoms with Crippen molar-refractivity contribution in [2.75, 3.05) is 11.6 Å². The fourth-order valence-electron chi connectivity index (χ4n) is 3.92. The second-order valence-corrected chi connectivity index (χ2v) is 9.89. The number of anilines is 1. The van der Waals surface area contributed by atoms with Gasteiger partial charge in [-0.1, -0.05) is 29.3 Å². The van der Waals surface area contributed by atoms with Gasteiger partial charge in [0.05, 0.1) is 21.8 Å². The number of aromatic hydroxyl groups is 1. The molecule has 0 bridgehead atoms. The number of nitrogens with one attached hydrogen (secondary N) is 1. The monoisotopic (exact) mass is 463 g/mol. The number of nitrogens with two attached hydrogens (primary N) is 1. The Hall–Kier alpha value is -1.70. The van der Waals surface area contributed by atoms with Crippen LogP contribution in [-0.2, 0) is 11.2 Å². The van der Waals surface area contributed by atoms with Crippen molar-refractivity contribution in [2.24, 2.45) is 5.73 Å². The van der Waals surface area contributed by atoms with Crippen LogP contribution in [0.3, 0.4) is 0 Å². The van der Waals surface area contributed by atoms with Gasteiger partial charge in [0.25, 0.3) is 0 Å². The molecule has 1 saturated carbocycles. The summed E-state index contributed by atoms with van der Waals surface area (Å²) in [4.78, 5) is 5.18. The Bertz CT molecular complexity index is 1060. The average molecular weight is 464 g/mol. The van der Waals surface area contributed by atoms with Gasteiger partial charge in [0.1, 0.15) is 11.9 Å². The molecular weight excluding hydrogens is 441 g/mol. The van der Waals surface area contributed by atoms with E-state index in [4.69, 9.17) is 28.9 Å². The first-order chi connectivity index (χ1) is 14.3. The van der Waals surface area contributed by atoms with Gasteiger partial charge >= 0.3 is 0 Å². The second-order valence-electron chi connectivity index (χ2n) is 7.73. The number of aromatic nitrogens is 1. The smallest absolute Gasteiger partial charge is 0.194 e. The Labute approximate surface area is 188 Å². The maximum atomic E-state index is 12.4. The van der Waals surface area contributed by atoms with Crippen LogP contribution in [0.2, 0.25) is 10.0 Å². The van der Waals surface area contributed by atoms with Crippen LogP contribution in [-0.4, -0.2) is 33.0 Å². The highest BCUT2D eigenvalue weighted by Gasteiger charge is 2.23. The van der Waals surface area contributed by atoms with Crippen LogP contribution in [0, 0.1) is 0 Å². The molecule has 0 amide bonds. The van der Waals surface area contributed by atoms with Crippen LogP contribution in [0.5, 0.6) is 5.75 Å². The maximum Gasteiger partial charge on any atom is 0.194 e. The molecule has 3 aromatic rings. The van der Waals surface area contributed by atoms with Gasteiger partial charge in [0, 0.05) is 17.5 Å². The van der Waals surface area contributed by atoms with Gasteiger partial charge in [-0.25, -0.2) is 0 Å². The van der Waals surface area contributed by atoms with Crippen LogP contribution in [0.4, 0.5) is 5.69 Å². The van der Waals surface area contributed by atoms with Crippen LogP contribution in [0.1, 0.15) is 25.7 Å². The molecule has 1 unspecified atom stereocenters. The summed E-state index contributed by atoms with van der Waals surface area (Å²) < 4.78 is 12.4. The van der Waals surface area contributed by atoms with Gasteiger partial charge in [-0.15, -0.1) is 0 Å². The quantitative estimate of drug-likeness (QED) is 0.454. The highest BCUT2D eigenvalue weighted by Crippen LogP contribution is 2.39. The van der Waals surface area contributed by atoms with Gasteiger partial charge in [0.2, 0.25) is 0 Å². The van der Waals surface area contributed by atoms with E-state index in [0.717, 1.165) is 53.4 Å². The summed E-state index contributed by atoms with van der Waals surface area (Å²) in [6, 6.07) is 9.73. The molecule has 0 spiro atoms. The first-order valence-electron chi connectivity index (χ1n) is 9.80. The molecule has 1 aliphatic rings. The molecule has 4 N–H and O–H groups in total. The first kappa shape index (κ1) is 21.5. The Balaban J connectivity index is 1.81. The summed E-state index contributed by atoms with van der Waals surface area (Å²) in [5, 5.41) is 14.8. The summed E-state index contributed by atoms with van der Waals surface area (Å²) in [5.41, 5.74) is 9.36. The Morgan fingerprint density at radius 2 is 1.77 bits per heavy atom. The number of halogens is 2. The minimum Gasteiger partial charge on any atom is -0.612 e. The molecule has 5 nitrogen and oxygen atoms in total. The molecule has 1 aromatic heterocycles. The zero-order valence-corrected chi connectivity index (χ0v) is 18.8. The van der Waals surface area contributed by atoms with Crippen molar-refractivity contribution in [1.29, 1.82) is 0 Å². The minimum atomic E-state index is -1.19. The van der Waals surface area contributed by atoms with Crippen molar-refractivity contribution >= 4 is 51.0 Å². The molecular formula is C22H23Cl2N3O2S. The van der Waals surface area contributed by atoms with E-state index >= 15 is 0 Å². The number of phenolic OH excluding ortho intramolecular Hbond substituents is 1.